The average Bonchev–Trinajstić information content (AvgIpc) is 3.17. The van der Waals surface area contributed by atoms with E-state index in [-0.39, 0.29) is 11.7 Å². The molecule has 2 aromatic carbocycles. The van der Waals surface area contributed by atoms with E-state index in [0.717, 1.165) is 37.0 Å². The Labute approximate surface area is 193 Å². The molecule has 1 aromatic heterocycles. The molecule has 1 aliphatic heterocycles. The molecule has 0 saturated carbocycles. The quantitative estimate of drug-likeness (QED) is 0.542. The van der Waals surface area contributed by atoms with Gasteiger partial charge in [0, 0.05) is 24.7 Å². The molecule has 2 atom stereocenters. The summed E-state index contributed by atoms with van der Waals surface area (Å²) in [6.45, 7) is 4.42. The number of piperidine rings is 1. The lowest BCUT2D eigenvalue weighted by molar-refractivity contribution is 0.0330. The molecule has 1 aliphatic rings. The van der Waals surface area contributed by atoms with E-state index in [4.69, 9.17) is 14.2 Å². The van der Waals surface area contributed by atoms with E-state index >= 15 is 0 Å². The Kier molecular flexibility index (Phi) is 6.95. The fourth-order valence-corrected chi connectivity index (χ4v) is 4.85. The van der Waals surface area contributed by atoms with Crippen molar-refractivity contribution in [3.8, 4) is 17.2 Å². The second kappa shape index (κ2) is 9.89. The highest BCUT2D eigenvalue weighted by Gasteiger charge is 2.31. The van der Waals surface area contributed by atoms with Gasteiger partial charge in [0.1, 0.15) is 23.4 Å². The van der Waals surface area contributed by atoms with Crippen LogP contribution in [0.2, 0.25) is 0 Å². The zero-order valence-electron chi connectivity index (χ0n) is 19.7. The number of likely N-dealkylation sites (tertiary alicyclic amines) is 1. The SMILES string of the molecule is COc1cc(OC)c(C(O)C(C)N2CCC(Cn3c(=O)[nH]c4ccccc43)CC2)c(OC)c1. The lowest BCUT2D eigenvalue weighted by Gasteiger charge is -2.38. The van der Waals surface area contributed by atoms with Gasteiger partial charge in [-0.3, -0.25) is 9.47 Å². The molecule has 8 nitrogen and oxygen atoms in total. The number of rotatable bonds is 8. The summed E-state index contributed by atoms with van der Waals surface area (Å²) in [5.74, 6) is 2.10. The average molecular weight is 456 g/mol. The Balaban J connectivity index is 1.45. The van der Waals surface area contributed by atoms with Gasteiger partial charge in [-0.15, -0.1) is 0 Å². The van der Waals surface area contributed by atoms with Gasteiger partial charge in [0.25, 0.3) is 0 Å². The number of hydrogen-bond donors (Lipinski definition) is 2. The van der Waals surface area contributed by atoms with Crippen LogP contribution in [-0.2, 0) is 6.54 Å². The van der Waals surface area contributed by atoms with E-state index in [1.54, 1.807) is 33.5 Å². The second-order valence-corrected chi connectivity index (χ2v) is 8.67. The van der Waals surface area contributed by atoms with E-state index in [1.807, 2.05) is 35.8 Å². The lowest BCUT2D eigenvalue weighted by Crippen LogP contribution is -2.44. The molecule has 0 radical (unpaired) electrons. The Morgan fingerprint density at radius 3 is 2.30 bits per heavy atom. The third-order valence-corrected chi connectivity index (χ3v) is 6.85. The highest BCUT2D eigenvalue weighted by atomic mass is 16.5. The van der Waals surface area contributed by atoms with Crippen LogP contribution in [-0.4, -0.2) is 60.0 Å². The number of methoxy groups -OCH3 is 3. The summed E-state index contributed by atoms with van der Waals surface area (Å²) in [6, 6.07) is 11.2. The summed E-state index contributed by atoms with van der Waals surface area (Å²) in [5.41, 5.74) is 2.40. The van der Waals surface area contributed by atoms with Crippen molar-refractivity contribution < 1.29 is 19.3 Å². The molecule has 2 unspecified atom stereocenters. The first-order valence-electron chi connectivity index (χ1n) is 11.4. The van der Waals surface area contributed by atoms with Crippen molar-refractivity contribution in [2.24, 2.45) is 5.92 Å². The van der Waals surface area contributed by atoms with Crippen LogP contribution >= 0.6 is 0 Å². The maximum absolute atomic E-state index is 12.4. The molecule has 0 aliphatic carbocycles. The van der Waals surface area contributed by atoms with Crippen molar-refractivity contribution in [2.45, 2.75) is 38.5 Å². The molecule has 8 heteroatoms. The van der Waals surface area contributed by atoms with Crippen LogP contribution in [0, 0.1) is 5.92 Å². The van der Waals surface area contributed by atoms with Crippen molar-refractivity contribution in [1.82, 2.24) is 14.5 Å². The van der Waals surface area contributed by atoms with Gasteiger partial charge >= 0.3 is 5.69 Å². The first-order valence-corrected chi connectivity index (χ1v) is 11.4. The molecule has 1 fully saturated rings. The summed E-state index contributed by atoms with van der Waals surface area (Å²) in [4.78, 5) is 17.7. The van der Waals surface area contributed by atoms with E-state index in [1.165, 1.54) is 0 Å². The van der Waals surface area contributed by atoms with Crippen LogP contribution in [0.3, 0.4) is 0 Å². The lowest BCUT2D eigenvalue weighted by atomic mass is 9.93. The molecule has 0 spiro atoms. The molecule has 4 rings (SSSR count). The van der Waals surface area contributed by atoms with Crippen molar-refractivity contribution in [3.63, 3.8) is 0 Å². The van der Waals surface area contributed by atoms with Gasteiger partial charge in [-0.05, 0) is 50.9 Å². The number of imidazole rings is 1. The van der Waals surface area contributed by atoms with Gasteiger partial charge in [0.05, 0.1) is 37.9 Å². The van der Waals surface area contributed by atoms with Crippen LogP contribution in [0.15, 0.2) is 41.2 Å². The summed E-state index contributed by atoms with van der Waals surface area (Å²) in [7, 11) is 4.74. The van der Waals surface area contributed by atoms with E-state index < -0.39 is 6.10 Å². The number of fused-ring (bicyclic) bond motifs is 1. The van der Waals surface area contributed by atoms with Crippen LogP contribution < -0.4 is 19.9 Å². The number of H-pyrrole nitrogens is 1. The van der Waals surface area contributed by atoms with E-state index in [9.17, 15) is 9.90 Å². The fraction of sp³-hybridized carbons (Fsp3) is 0.480. The summed E-state index contributed by atoms with van der Waals surface area (Å²) >= 11 is 0. The third kappa shape index (κ3) is 4.58. The molecule has 0 amide bonds. The van der Waals surface area contributed by atoms with Gasteiger partial charge in [0.2, 0.25) is 0 Å². The molecule has 3 aromatic rings. The van der Waals surface area contributed by atoms with E-state index in [0.29, 0.717) is 35.3 Å². The van der Waals surface area contributed by atoms with Gasteiger partial charge in [0.15, 0.2) is 0 Å². The largest absolute Gasteiger partial charge is 0.496 e. The number of para-hydroxylation sites is 2. The van der Waals surface area contributed by atoms with Crippen molar-refractivity contribution >= 4 is 11.0 Å². The number of aliphatic hydroxyl groups excluding tert-OH is 1. The van der Waals surface area contributed by atoms with Crippen molar-refractivity contribution in [2.75, 3.05) is 34.4 Å². The van der Waals surface area contributed by atoms with E-state index in [2.05, 4.69) is 9.88 Å². The third-order valence-electron chi connectivity index (χ3n) is 6.85. The number of aromatic nitrogens is 2. The minimum absolute atomic E-state index is 0.0545. The molecule has 2 heterocycles. The molecular weight excluding hydrogens is 422 g/mol. The molecular formula is C25H33N3O5. The van der Waals surface area contributed by atoms with Crippen molar-refractivity contribution in [3.05, 3.63) is 52.4 Å². The van der Waals surface area contributed by atoms with Crippen LogP contribution in [0.4, 0.5) is 0 Å². The zero-order chi connectivity index (χ0) is 23.5. The fourth-order valence-electron chi connectivity index (χ4n) is 4.85. The molecule has 2 N–H and O–H groups in total. The number of hydrogen-bond acceptors (Lipinski definition) is 6. The Morgan fingerprint density at radius 2 is 1.70 bits per heavy atom. The topological polar surface area (TPSA) is 89.0 Å². The van der Waals surface area contributed by atoms with Gasteiger partial charge in [-0.1, -0.05) is 12.1 Å². The molecule has 0 bridgehead atoms. The monoisotopic (exact) mass is 455 g/mol. The summed E-state index contributed by atoms with van der Waals surface area (Å²) < 4.78 is 18.2. The number of ether oxygens (including phenoxy) is 3. The normalized spacial score (nSPS) is 17.1. The highest BCUT2D eigenvalue weighted by molar-refractivity contribution is 5.74. The molecule has 178 valence electrons. The number of nitrogens with zero attached hydrogens (tertiary/aromatic N) is 2. The first kappa shape index (κ1) is 23.2. The summed E-state index contributed by atoms with van der Waals surface area (Å²) in [5, 5.41) is 11.3. The van der Waals surface area contributed by atoms with Gasteiger partial charge in [-0.2, -0.15) is 0 Å². The minimum Gasteiger partial charge on any atom is -0.496 e. The highest BCUT2D eigenvalue weighted by Crippen LogP contribution is 2.40. The number of aliphatic hydroxyl groups is 1. The van der Waals surface area contributed by atoms with Gasteiger partial charge < -0.3 is 24.3 Å². The Bertz CT molecular complexity index is 1120. The zero-order valence-corrected chi connectivity index (χ0v) is 19.7. The van der Waals surface area contributed by atoms with Crippen molar-refractivity contribution in [1.29, 1.82) is 0 Å². The maximum atomic E-state index is 12.4. The number of nitrogens with one attached hydrogen (secondary N) is 1. The standard InChI is InChI=1S/C25H33N3O5/c1-16(24(29)23-21(32-3)13-18(31-2)14-22(23)33-4)27-11-9-17(10-12-27)15-28-20-8-6-5-7-19(20)26-25(28)30/h5-8,13-14,16-17,24,29H,9-12,15H2,1-4H3,(H,26,30). The first-order chi connectivity index (χ1) is 16.0. The van der Waals surface area contributed by atoms with Crippen LogP contribution in [0.1, 0.15) is 31.4 Å². The second-order valence-electron chi connectivity index (χ2n) is 8.67. The maximum Gasteiger partial charge on any atom is 0.326 e. The Morgan fingerprint density at radius 1 is 1.06 bits per heavy atom. The molecule has 33 heavy (non-hydrogen) atoms. The Hall–Kier alpha value is -2.97. The van der Waals surface area contributed by atoms with Crippen LogP contribution in [0.25, 0.3) is 11.0 Å². The summed E-state index contributed by atoms with van der Waals surface area (Å²) in [6.07, 6.45) is 1.13. The predicted molar refractivity (Wildman–Crippen MR) is 127 cm³/mol. The minimum atomic E-state index is -0.784. The number of aromatic amines is 1. The number of benzene rings is 2. The molecule has 1 saturated heterocycles. The van der Waals surface area contributed by atoms with Crippen LogP contribution in [0.5, 0.6) is 17.2 Å². The van der Waals surface area contributed by atoms with Gasteiger partial charge in [-0.25, -0.2) is 4.79 Å². The smallest absolute Gasteiger partial charge is 0.326 e. The predicted octanol–water partition coefficient (Wildman–Crippen LogP) is 3.19.